The van der Waals surface area contributed by atoms with Crippen LogP contribution in [-0.4, -0.2) is 18.7 Å². The number of benzene rings is 1. The molecule has 0 bridgehead atoms. The minimum Gasteiger partial charge on any atom is -0.490 e. The molecule has 1 amide bonds. The summed E-state index contributed by atoms with van der Waals surface area (Å²) in [6, 6.07) is 7.40. The lowest BCUT2D eigenvalue weighted by Crippen LogP contribution is -2.12. The van der Waals surface area contributed by atoms with Gasteiger partial charge in [0.05, 0.1) is 6.21 Å². The maximum absolute atomic E-state index is 10.6. The van der Waals surface area contributed by atoms with Gasteiger partial charge in [-0.15, -0.1) is 0 Å². The van der Waals surface area contributed by atoms with Gasteiger partial charge in [0.2, 0.25) is 5.91 Å². The Hall–Kier alpha value is -2.10. The second-order valence-corrected chi connectivity index (χ2v) is 3.10. The van der Waals surface area contributed by atoms with Gasteiger partial charge in [-0.05, 0) is 17.7 Å². The highest BCUT2D eigenvalue weighted by Crippen LogP contribution is 2.11. The van der Waals surface area contributed by atoms with E-state index in [0.29, 0.717) is 6.61 Å². The summed E-state index contributed by atoms with van der Waals surface area (Å²) in [7, 11) is 0. The van der Waals surface area contributed by atoms with E-state index in [2.05, 4.69) is 17.1 Å². The predicted octanol–water partition coefficient (Wildman–Crippen LogP) is 1.72. The van der Waals surface area contributed by atoms with Gasteiger partial charge in [0.1, 0.15) is 12.4 Å². The number of carbonyl (C=O) groups excluding carboxylic acids is 1. The third kappa shape index (κ3) is 4.41. The van der Waals surface area contributed by atoms with Gasteiger partial charge < -0.3 is 4.74 Å². The molecule has 0 fully saturated rings. The number of carbonyl (C=O) groups is 1. The van der Waals surface area contributed by atoms with Crippen molar-refractivity contribution in [2.24, 2.45) is 5.10 Å². The molecule has 1 aromatic carbocycles. The molecule has 1 N–H and O–H groups in total. The van der Waals surface area contributed by atoms with Crippen LogP contribution in [0.2, 0.25) is 0 Å². The minimum atomic E-state index is -0.199. The molecule has 0 heterocycles. The summed E-state index contributed by atoms with van der Waals surface area (Å²) in [5.74, 6) is 0.544. The summed E-state index contributed by atoms with van der Waals surface area (Å²) in [5.41, 5.74) is 3.19. The zero-order valence-electron chi connectivity index (χ0n) is 9.14. The van der Waals surface area contributed by atoms with Crippen molar-refractivity contribution < 1.29 is 9.53 Å². The monoisotopic (exact) mass is 218 g/mol. The average molecular weight is 218 g/mol. The topological polar surface area (TPSA) is 50.7 Å². The lowest BCUT2D eigenvalue weighted by atomic mass is 10.2. The smallest absolute Gasteiger partial charge is 0.236 e. The molecule has 0 saturated carbocycles. The van der Waals surface area contributed by atoms with E-state index in [0.717, 1.165) is 11.3 Å². The van der Waals surface area contributed by atoms with Crippen molar-refractivity contribution in [1.82, 2.24) is 5.43 Å². The molecule has 0 aliphatic heterocycles. The predicted molar refractivity (Wildman–Crippen MR) is 63.5 cm³/mol. The molecule has 0 aromatic heterocycles. The Morgan fingerprint density at radius 1 is 1.62 bits per heavy atom. The third-order valence-corrected chi connectivity index (χ3v) is 1.66. The van der Waals surface area contributed by atoms with E-state index in [1.54, 1.807) is 12.3 Å². The maximum atomic E-state index is 10.6. The van der Waals surface area contributed by atoms with Gasteiger partial charge in [-0.2, -0.15) is 5.10 Å². The second kappa shape index (κ2) is 6.40. The molecular weight excluding hydrogens is 204 g/mol. The molecule has 0 aliphatic carbocycles. The van der Waals surface area contributed by atoms with Crippen LogP contribution in [-0.2, 0) is 4.79 Å². The molecular formula is C12H14N2O2. The lowest BCUT2D eigenvalue weighted by Gasteiger charge is -2.03. The number of nitrogens with zero attached hydrogens (tertiary/aromatic N) is 1. The lowest BCUT2D eigenvalue weighted by molar-refractivity contribution is -0.118. The average Bonchev–Trinajstić information content (AvgIpc) is 2.26. The van der Waals surface area contributed by atoms with Gasteiger partial charge in [-0.1, -0.05) is 24.8 Å². The van der Waals surface area contributed by atoms with Crippen LogP contribution in [0, 0.1) is 0 Å². The Balaban J connectivity index is 2.62. The summed E-state index contributed by atoms with van der Waals surface area (Å²) >= 11 is 0. The van der Waals surface area contributed by atoms with E-state index >= 15 is 0 Å². The summed E-state index contributed by atoms with van der Waals surface area (Å²) in [6.45, 7) is 5.44. The number of amides is 1. The molecule has 16 heavy (non-hydrogen) atoms. The van der Waals surface area contributed by atoms with Crippen LogP contribution >= 0.6 is 0 Å². The molecule has 4 nitrogen and oxygen atoms in total. The molecule has 4 heteroatoms. The number of hydrogen-bond donors (Lipinski definition) is 1. The first-order valence-corrected chi connectivity index (χ1v) is 4.86. The Bertz CT molecular complexity index is 400. The van der Waals surface area contributed by atoms with Crippen LogP contribution in [0.1, 0.15) is 12.5 Å². The van der Waals surface area contributed by atoms with E-state index in [1.165, 1.54) is 6.92 Å². The number of rotatable bonds is 5. The fraction of sp³-hybridized carbons (Fsp3) is 0.167. The SMILES string of the molecule is C=CCOc1cccc(/C=N\NC(C)=O)c1. The number of hydrazone groups is 1. The maximum Gasteiger partial charge on any atom is 0.236 e. The number of nitrogens with one attached hydrogen (secondary N) is 1. The van der Waals surface area contributed by atoms with E-state index in [4.69, 9.17) is 4.74 Å². The molecule has 1 aromatic rings. The van der Waals surface area contributed by atoms with Gasteiger partial charge >= 0.3 is 0 Å². The van der Waals surface area contributed by atoms with E-state index < -0.39 is 0 Å². The summed E-state index contributed by atoms with van der Waals surface area (Å²) in [4.78, 5) is 10.6. The zero-order valence-corrected chi connectivity index (χ0v) is 9.14. The fourth-order valence-electron chi connectivity index (χ4n) is 1.04. The molecule has 0 unspecified atom stereocenters. The normalized spacial score (nSPS) is 10.1. The quantitative estimate of drug-likeness (QED) is 0.465. The van der Waals surface area contributed by atoms with Crippen LogP contribution in [0.4, 0.5) is 0 Å². The van der Waals surface area contributed by atoms with Gasteiger partial charge in [0.15, 0.2) is 0 Å². The van der Waals surface area contributed by atoms with E-state index in [9.17, 15) is 4.79 Å². The van der Waals surface area contributed by atoms with Crippen LogP contribution in [0.5, 0.6) is 5.75 Å². The highest BCUT2D eigenvalue weighted by atomic mass is 16.5. The first-order chi connectivity index (χ1) is 7.72. The largest absolute Gasteiger partial charge is 0.490 e. The summed E-state index contributed by atoms with van der Waals surface area (Å²) in [6.07, 6.45) is 3.24. The number of hydrogen-bond acceptors (Lipinski definition) is 3. The Labute approximate surface area is 94.6 Å². The van der Waals surface area contributed by atoms with Gasteiger partial charge in [0, 0.05) is 6.92 Å². The van der Waals surface area contributed by atoms with Gasteiger partial charge in [-0.3, -0.25) is 4.79 Å². The zero-order chi connectivity index (χ0) is 11.8. The minimum absolute atomic E-state index is 0.199. The van der Waals surface area contributed by atoms with Crippen molar-refractivity contribution in [3.8, 4) is 5.75 Å². The third-order valence-electron chi connectivity index (χ3n) is 1.66. The Kier molecular flexibility index (Phi) is 4.79. The van der Waals surface area contributed by atoms with Crippen molar-refractivity contribution >= 4 is 12.1 Å². The molecule has 0 aliphatic rings. The van der Waals surface area contributed by atoms with Crippen LogP contribution < -0.4 is 10.2 Å². The van der Waals surface area contributed by atoms with Crippen LogP contribution in [0.3, 0.4) is 0 Å². The molecule has 1 rings (SSSR count). The van der Waals surface area contributed by atoms with Crippen molar-refractivity contribution in [3.63, 3.8) is 0 Å². The van der Waals surface area contributed by atoms with Crippen LogP contribution in [0.25, 0.3) is 0 Å². The van der Waals surface area contributed by atoms with E-state index in [1.807, 2.05) is 24.3 Å². The summed E-state index contributed by atoms with van der Waals surface area (Å²) in [5, 5.41) is 3.76. The molecule has 0 radical (unpaired) electrons. The Morgan fingerprint density at radius 2 is 2.44 bits per heavy atom. The first kappa shape index (κ1) is 12.0. The van der Waals surface area contributed by atoms with Crippen molar-refractivity contribution in [1.29, 1.82) is 0 Å². The van der Waals surface area contributed by atoms with Crippen molar-refractivity contribution in [2.75, 3.05) is 6.61 Å². The van der Waals surface area contributed by atoms with E-state index in [-0.39, 0.29) is 5.91 Å². The first-order valence-electron chi connectivity index (χ1n) is 4.86. The van der Waals surface area contributed by atoms with Crippen molar-refractivity contribution in [2.45, 2.75) is 6.92 Å². The molecule has 84 valence electrons. The fourth-order valence-corrected chi connectivity index (χ4v) is 1.04. The Morgan fingerprint density at radius 3 is 3.12 bits per heavy atom. The van der Waals surface area contributed by atoms with Crippen LogP contribution in [0.15, 0.2) is 42.0 Å². The highest BCUT2D eigenvalue weighted by Gasteiger charge is 1.93. The highest BCUT2D eigenvalue weighted by molar-refractivity contribution is 5.82. The number of ether oxygens (including phenoxy) is 1. The molecule has 0 atom stereocenters. The second-order valence-electron chi connectivity index (χ2n) is 3.10. The standard InChI is InChI=1S/C12H14N2O2/c1-3-7-16-12-6-4-5-11(8-12)9-13-14-10(2)15/h3-6,8-9H,1,7H2,2H3,(H,14,15)/b13-9-. The summed E-state index contributed by atoms with van der Waals surface area (Å²) < 4.78 is 5.36. The van der Waals surface area contributed by atoms with Crippen molar-refractivity contribution in [3.05, 3.63) is 42.5 Å². The van der Waals surface area contributed by atoms with Gasteiger partial charge in [0.25, 0.3) is 0 Å². The van der Waals surface area contributed by atoms with Gasteiger partial charge in [-0.25, -0.2) is 5.43 Å². The molecule has 0 spiro atoms. The molecule has 0 saturated heterocycles.